The van der Waals surface area contributed by atoms with Gasteiger partial charge in [0.05, 0.1) is 12.2 Å². The first-order chi connectivity index (χ1) is 8.80. The van der Waals surface area contributed by atoms with Crippen LogP contribution in [-0.2, 0) is 9.47 Å². The molecule has 2 aliphatic heterocycles. The third kappa shape index (κ3) is 2.31. The summed E-state index contributed by atoms with van der Waals surface area (Å²) in [6.45, 7) is 4.90. The van der Waals surface area contributed by atoms with Gasteiger partial charge in [0, 0.05) is 36.2 Å². The van der Waals surface area contributed by atoms with Crippen LogP contribution < -0.4 is 0 Å². The first-order valence-corrected chi connectivity index (χ1v) is 7.62. The molecule has 2 saturated heterocycles. The van der Waals surface area contributed by atoms with Crippen LogP contribution in [-0.4, -0.2) is 30.7 Å². The maximum absolute atomic E-state index is 6.18. The minimum absolute atomic E-state index is 0.0537. The summed E-state index contributed by atoms with van der Waals surface area (Å²) >= 11 is 1.98. The fourth-order valence-electron chi connectivity index (χ4n) is 3.00. The van der Waals surface area contributed by atoms with Gasteiger partial charge in [-0.1, -0.05) is 25.1 Å². The van der Waals surface area contributed by atoms with Crippen molar-refractivity contribution in [1.29, 1.82) is 0 Å². The van der Waals surface area contributed by atoms with Crippen LogP contribution in [0.15, 0.2) is 35.2 Å². The molecule has 2 atom stereocenters. The molecule has 2 nitrogen and oxygen atoms in total. The van der Waals surface area contributed by atoms with Crippen LogP contribution in [0.25, 0.3) is 0 Å². The standard InChI is InChI=1S/C15H20O2S/c1-12-11-17-15(7-9-16-10-8-15)14(12)18-13-5-3-2-4-6-13/h2-6,12,14H,7-11H2,1H3/t12-,14+/m0/s1. The van der Waals surface area contributed by atoms with E-state index in [4.69, 9.17) is 9.47 Å². The summed E-state index contributed by atoms with van der Waals surface area (Å²) in [6.07, 6.45) is 2.09. The van der Waals surface area contributed by atoms with Gasteiger partial charge < -0.3 is 9.47 Å². The lowest BCUT2D eigenvalue weighted by Gasteiger charge is -2.38. The van der Waals surface area contributed by atoms with Gasteiger partial charge in [-0.15, -0.1) is 11.8 Å². The molecule has 0 radical (unpaired) electrons. The van der Waals surface area contributed by atoms with Gasteiger partial charge in [0.15, 0.2) is 0 Å². The molecule has 0 saturated carbocycles. The predicted octanol–water partition coefficient (Wildman–Crippen LogP) is 3.36. The van der Waals surface area contributed by atoms with Crippen LogP contribution in [0, 0.1) is 5.92 Å². The Morgan fingerprint density at radius 2 is 1.89 bits per heavy atom. The molecule has 0 bridgehead atoms. The summed E-state index contributed by atoms with van der Waals surface area (Å²) < 4.78 is 11.7. The van der Waals surface area contributed by atoms with Gasteiger partial charge in [-0.2, -0.15) is 0 Å². The summed E-state index contributed by atoms with van der Waals surface area (Å²) in [6, 6.07) is 10.7. The first-order valence-electron chi connectivity index (χ1n) is 6.74. The molecule has 0 aromatic heterocycles. The Morgan fingerprint density at radius 3 is 2.61 bits per heavy atom. The van der Waals surface area contributed by atoms with Crippen LogP contribution in [0.2, 0.25) is 0 Å². The van der Waals surface area contributed by atoms with E-state index in [9.17, 15) is 0 Å². The molecule has 98 valence electrons. The Labute approximate surface area is 113 Å². The molecular weight excluding hydrogens is 244 g/mol. The van der Waals surface area contributed by atoms with Crippen molar-refractivity contribution in [2.45, 2.75) is 35.5 Å². The number of thioether (sulfide) groups is 1. The number of hydrogen-bond donors (Lipinski definition) is 0. The van der Waals surface area contributed by atoms with Gasteiger partial charge in [0.25, 0.3) is 0 Å². The minimum Gasteiger partial charge on any atom is -0.381 e. The van der Waals surface area contributed by atoms with E-state index in [0.29, 0.717) is 11.2 Å². The molecule has 3 rings (SSSR count). The van der Waals surface area contributed by atoms with Gasteiger partial charge in [-0.3, -0.25) is 0 Å². The average Bonchev–Trinajstić information content (AvgIpc) is 2.71. The van der Waals surface area contributed by atoms with E-state index in [2.05, 4.69) is 37.3 Å². The average molecular weight is 264 g/mol. The number of hydrogen-bond acceptors (Lipinski definition) is 3. The van der Waals surface area contributed by atoms with E-state index >= 15 is 0 Å². The molecule has 1 aromatic rings. The highest BCUT2D eigenvalue weighted by atomic mass is 32.2. The van der Waals surface area contributed by atoms with Crippen molar-refractivity contribution in [2.24, 2.45) is 5.92 Å². The van der Waals surface area contributed by atoms with Crippen LogP contribution in [0.4, 0.5) is 0 Å². The van der Waals surface area contributed by atoms with Gasteiger partial charge >= 0.3 is 0 Å². The second kappa shape index (κ2) is 5.24. The van der Waals surface area contributed by atoms with Crippen molar-refractivity contribution < 1.29 is 9.47 Å². The topological polar surface area (TPSA) is 18.5 Å². The minimum atomic E-state index is 0.0537. The molecule has 2 heterocycles. The largest absolute Gasteiger partial charge is 0.381 e. The van der Waals surface area contributed by atoms with Crippen molar-refractivity contribution in [3.63, 3.8) is 0 Å². The van der Waals surface area contributed by atoms with Gasteiger partial charge in [-0.25, -0.2) is 0 Å². The van der Waals surface area contributed by atoms with Crippen molar-refractivity contribution >= 4 is 11.8 Å². The molecular formula is C15H20O2S. The Hall–Kier alpha value is -0.510. The first kappa shape index (κ1) is 12.5. The van der Waals surface area contributed by atoms with Crippen molar-refractivity contribution in [1.82, 2.24) is 0 Å². The second-order valence-electron chi connectivity index (χ2n) is 5.32. The highest BCUT2D eigenvalue weighted by Gasteiger charge is 2.49. The Balaban J connectivity index is 1.79. The zero-order valence-electron chi connectivity index (χ0n) is 10.8. The summed E-state index contributed by atoms with van der Waals surface area (Å²) in [5.74, 6) is 0.619. The Morgan fingerprint density at radius 1 is 1.17 bits per heavy atom. The van der Waals surface area contributed by atoms with E-state index in [1.165, 1.54) is 4.90 Å². The van der Waals surface area contributed by atoms with E-state index in [0.717, 1.165) is 32.7 Å². The normalized spacial score (nSPS) is 30.7. The molecule has 0 aliphatic carbocycles. The van der Waals surface area contributed by atoms with Gasteiger partial charge in [0.2, 0.25) is 0 Å². The molecule has 0 amide bonds. The molecule has 1 spiro atoms. The SMILES string of the molecule is C[C@H]1COC2(CCOCC2)[C@@H]1Sc1ccccc1. The molecule has 2 aliphatic rings. The third-order valence-corrected chi connectivity index (χ3v) is 5.71. The summed E-state index contributed by atoms with van der Waals surface area (Å²) in [5, 5.41) is 0.559. The molecule has 1 aromatic carbocycles. The number of rotatable bonds is 2. The third-order valence-electron chi connectivity index (χ3n) is 4.01. The van der Waals surface area contributed by atoms with Gasteiger partial charge in [-0.05, 0) is 18.1 Å². The summed E-state index contributed by atoms with van der Waals surface area (Å²) in [7, 11) is 0. The molecule has 0 N–H and O–H groups in total. The Kier molecular flexibility index (Phi) is 3.64. The molecule has 2 fully saturated rings. The van der Waals surface area contributed by atoms with Crippen LogP contribution >= 0.6 is 11.8 Å². The van der Waals surface area contributed by atoms with E-state index < -0.39 is 0 Å². The van der Waals surface area contributed by atoms with Crippen molar-refractivity contribution in [3.8, 4) is 0 Å². The monoisotopic (exact) mass is 264 g/mol. The van der Waals surface area contributed by atoms with Crippen molar-refractivity contribution in [2.75, 3.05) is 19.8 Å². The lowest BCUT2D eigenvalue weighted by Crippen LogP contribution is -2.44. The fourth-order valence-corrected chi connectivity index (χ4v) is 4.44. The van der Waals surface area contributed by atoms with Crippen LogP contribution in [0.1, 0.15) is 19.8 Å². The van der Waals surface area contributed by atoms with Crippen LogP contribution in [0.5, 0.6) is 0 Å². The number of benzene rings is 1. The lowest BCUT2D eigenvalue weighted by atomic mass is 9.87. The molecule has 0 unspecified atom stereocenters. The molecule has 18 heavy (non-hydrogen) atoms. The predicted molar refractivity (Wildman–Crippen MR) is 74.0 cm³/mol. The maximum atomic E-state index is 6.18. The molecule has 3 heteroatoms. The smallest absolute Gasteiger partial charge is 0.0851 e. The highest BCUT2D eigenvalue weighted by molar-refractivity contribution is 8.00. The second-order valence-corrected chi connectivity index (χ2v) is 6.53. The quantitative estimate of drug-likeness (QED) is 0.816. The van der Waals surface area contributed by atoms with E-state index in [1.807, 2.05) is 11.8 Å². The lowest BCUT2D eigenvalue weighted by molar-refractivity contribution is -0.0754. The maximum Gasteiger partial charge on any atom is 0.0851 e. The zero-order valence-corrected chi connectivity index (χ0v) is 11.6. The number of ether oxygens (including phenoxy) is 2. The van der Waals surface area contributed by atoms with Crippen LogP contribution in [0.3, 0.4) is 0 Å². The fraction of sp³-hybridized carbons (Fsp3) is 0.600. The Bertz CT molecular complexity index is 381. The van der Waals surface area contributed by atoms with E-state index in [1.54, 1.807) is 0 Å². The summed E-state index contributed by atoms with van der Waals surface area (Å²) in [5.41, 5.74) is 0.0537. The zero-order chi connectivity index (χ0) is 12.4. The van der Waals surface area contributed by atoms with E-state index in [-0.39, 0.29) is 5.60 Å². The van der Waals surface area contributed by atoms with Gasteiger partial charge in [0.1, 0.15) is 0 Å². The van der Waals surface area contributed by atoms with Crippen molar-refractivity contribution in [3.05, 3.63) is 30.3 Å². The highest BCUT2D eigenvalue weighted by Crippen LogP contribution is 2.47. The summed E-state index contributed by atoms with van der Waals surface area (Å²) in [4.78, 5) is 1.35.